The molecule has 0 saturated carbocycles. The first kappa shape index (κ1) is 17.3. The first-order valence-corrected chi connectivity index (χ1v) is 9.11. The molecule has 0 aromatic heterocycles. The molecule has 3 atom stereocenters. The molecule has 1 rings (SSSR count). The van der Waals surface area contributed by atoms with Crippen LogP contribution in [-0.4, -0.2) is 32.9 Å². The molecule has 0 radical (unpaired) electrons. The van der Waals surface area contributed by atoms with E-state index in [1.165, 1.54) is 18.7 Å². The topological polar surface area (TPSA) is 74.6 Å². The summed E-state index contributed by atoms with van der Waals surface area (Å²) in [4.78, 5) is 12.2. The lowest BCUT2D eigenvalue weighted by Crippen LogP contribution is -2.47. The maximum Gasteiger partial charge on any atom is 0.336 e. The minimum atomic E-state index is -2.24. The van der Waals surface area contributed by atoms with Crippen LogP contribution in [0.5, 0.6) is 0 Å². The van der Waals surface area contributed by atoms with Crippen LogP contribution in [-0.2, 0) is 9.36 Å². The predicted molar refractivity (Wildman–Crippen MR) is 83.1 cm³/mol. The number of aliphatic carboxylic acids is 1. The van der Waals surface area contributed by atoms with E-state index in [4.69, 9.17) is 5.11 Å². The second kappa shape index (κ2) is 7.30. The van der Waals surface area contributed by atoms with Crippen molar-refractivity contribution in [2.45, 2.75) is 36.9 Å². The maximum atomic E-state index is 12.5. The lowest BCUT2D eigenvalue weighted by molar-refractivity contribution is -0.157. The second-order valence-electron chi connectivity index (χ2n) is 5.24. The molecule has 1 aromatic rings. The fraction of sp³-hybridized carbons (Fsp3) is 0.500. The van der Waals surface area contributed by atoms with Gasteiger partial charge in [-0.1, -0.05) is 32.0 Å². The standard InChI is InChI=1S/C14H21O4PS/c1-10(2)12(14(3,17)13(15)16)19(18)9-20-11-7-5-4-6-8-11/h4-8,10,12,17,19H,9H2,1-3H3,(H,15,16). The predicted octanol–water partition coefficient (Wildman–Crippen LogP) is 3.16. The Morgan fingerprint density at radius 3 is 2.35 bits per heavy atom. The number of benzene rings is 1. The van der Waals surface area contributed by atoms with Gasteiger partial charge in [-0.25, -0.2) is 4.79 Å². The van der Waals surface area contributed by atoms with Gasteiger partial charge in [-0.15, -0.1) is 11.8 Å². The van der Waals surface area contributed by atoms with E-state index in [1.54, 1.807) is 13.8 Å². The molecule has 0 fully saturated rings. The van der Waals surface area contributed by atoms with Crippen LogP contribution in [0.15, 0.2) is 35.2 Å². The van der Waals surface area contributed by atoms with Crippen molar-refractivity contribution in [3.05, 3.63) is 30.3 Å². The second-order valence-corrected chi connectivity index (χ2v) is 8.71. The highest BCUT2D eigenvalue weighted by Crippen LogP contribution is 2.44. The zero-order valence-corrected chi connectivity index (χ0v) is 13.7. The van der Waals surface area contributed by atoms with Crippen molar-refractivity contribution in [2.24, 2.45) is 5.92 Å². The molecule has 1 aromatic carbocycles. The van der Waals surface area contributed by atoms with Crippen LogP contribution in [0.1, 0.15) is 20.8 Å². The fourth-order valence-corrected chi connectivity index (χ4v) is 6.03. The number of rotatable bonds is 7. The summed E-state index contributed by atoms with van der Waals surface area (Å²) in [5.74, 6) is -1.48. The third-order valence-electron chi connectivity index (χ3n) is 3.18. The van der Waals surface area contributed by atoms with Crippen LogP contribution in [0.4, 0.5) is 0 Å². The summed E-state index contributed by atoms with van der Waals surface area (Å²) in [6.07, 6.45) is 0. The van der Waals surface area contributed by atoms with E-state index in [2.05, 4.69) is 0 Å². The van der Waals surface area contributed by atoms with Crippen molar-refractivity contribution in [1.29, 1.82) is 0 Å². The van der Waals surface area contributed by atoms with E-state index in [0.29, 0.717) is 5.49 Å². The lowest BCUT2D eigenvalue weighted by atomic mass is 9.94. The van der Waals surface area contributed by atoms with Gasteiger partial charge in [0.15, 0.2) is 5.60 Å². The van der Waals surface area contributed by atoms with Gasteiger partial charge in [-0.3, -0.25) is 0 Å². The van der Waals surface area contributed by atoms with Crippen LogP contribution in [0, 0.1) is 5.92 Å². The molecule has 0 saturated heterocycles. The number of carboxylic acids is 1. The van der Waals surface area contributed by atoms with Crippen molar-refractivity contribution in [1.82, 2.24) is 0 Å². The summed E-state index contributed by atoms with van der Waals surface area (Å²) < 4.78 is 12.5. The minimum Gasteiger partial charge on any atom is -0.479 e. The molecule has 0 bridgehead atoms. The maximum absolute atomic E-state index is 12.5. The molecular weight excluding hydrogens is 295 g/mol. The van der Waals surface area contributed by atoms with E-state index < -0.39 is 25.0 Å². The Morgan fingerprint density at radius 1 is 1.35 bits per heavy atom. The molecular formula is C14H21O4PS. The Balaban J connectivity index is 2.78. The largest absolute Gasteiger partial charge is 0.479 e. The molecule has 4 nitrogen and oxygen atoms in total. The molecule has 0 aliphatic rings. The van der Waals surface area contributed by atoms with Crippen LogP contribution in [0.3, 0.4) is 0 Å². The van der Waals surface area contributed by atoms with E-state index in [9.17, 15) is 14.5 Å². The molecule has 6 heteroatoms. The van der Waals surface area contributed by atoms with Gasteiger partial charge >= 0.3 is 5.97 Å². The molecule has 0 heterocycles. The smallest absolute Gasteiger partial charge is 0.336 e. The number of carbonyl (C=O) groups is 1. The molecule has 0 aliphatic heterocycles. The number of aliphatic hydroxyl groups is 1. The van der Waals surface area contributed by atoms with Crippen molar-refractivity contribution in [3.8, 4) is 0 Å². The minimum absolute atomic E-state index is 0.163. The number of thioether (sulfide) groups is 1. The van der Waals surface area contributed by atoms with E-state index >= 15 is 0 Å². The van der Waals surface area contributed by atoms with Crippen LogP contribution >= 0.6 is 19.6 Å². The first-order valence-electron chi connectivity index (χ1n) is 6.43. The van der Waals surface area contributed by atoms with Crippen molar-refractivity contribution < 1.29 is 19.6 Å². The normalized spacial score (nSPS) is 17.4. The average molecular weight is 316 g/mol. The van der Waals surface area contributed by atoms with Gasteiger partial charge in [0.1, 0.15) is 0 Å². The third-order valence-corrected chi connectivity index (χ3v) is 7.42. The highest BCUT2D eigenvalue weighted by Gasteiger charge is 2.44. The van der Waals surface area contributed by atoms with Gasteiger partial charge in [0.2, 0.25) is 0 Å². The highest BCUT2D eigenvalue weighted by molar-refractivity contribution is 8.03. The summed E-state index contributed by atoms with van der Waals surface area (Å²) >= 11 is 1.43. The SMILES string of the molecule is CC(C)C([PH](=O)CSc1ccccc1)C(C)(O)C(=O)O. The Kier molecular flexibility index (Phi) is 6.31. The molecule has 0 aliphatic carbocycles. The van der Waals surface area contributed by atoms with E-state index in [-0.39, 0.29) is 5.92 Å². The van der Waals surface area contributed by atoms with Crippen LogP contribution in [0.25, 0.3) is 0 Å². The summed E-state index contributed by atoms with van der Waals surface area (Å²) in [6.45, 7) is 4.81. The third kappa shape index (κ3) is 4.37. The number of carboxylic acid groups (broad SMARTS) is 1. The average Bonchev–Trinajstić information content (AvgIpc) is 2.36. The van der Waals surface area contributed by atoms with Gasteiger partial charge < -0.3 is 14.8 Å². The van der Waals surface area contributed by atoms with Gasteiger partial charge in [0, 0.05) is 10.4 Å². The van der Waals surface area contributed by atoms with Crippen LogP contribution in [0.2, 0.25) is 0 Å². The number of hydrogen-bond acceptors (Lipinski definition) is 4. The highest BCUT2D eigenvalue weighted by atomic mass is 32.2. The van der Waals surface area contributed by atoms with Crippen molar-refractivity contribution in [2.75, 3.05) is 5.49 Å². The van der Waals surface area contributed by atoms with Gasteiger partial charge in [0.25, 0.3) is 0 Å². The fourth-order valence-electron chi connectivity index (χ4n) is 2.23. The summed E-state index contributed by atoms with van der Waals surface area (Å²) in [6, 6.07) is 9.53. The molecule has 112 valence electrons. The first-order chi connectivity index (χ1) is 9.26. The van der Waals surface area contributed by atoms with E-state index in [1.807, 2.05) is 30.3 Å². The zero-order chi connectivity index (χ0) is 15.3. The Hall–Kier alpha value is -0.770. The zero-order valence-electron chi connectivity index (χ0n) is 11.9. The number of hydrogen-bond donors (Lipinski definition) is 2. The van der Waals surface area contributed by atoms with E-state index in [0.717, 1.165) is 4.90 Å². The Labute approximate surface area is 124 Å². The summed E-state index contributed by atoms with van der Waals surface area (Å²) in [5, 5.41) is 19.2. The summed E-state index contributed by atoms with van der Waals surface area (Å²) in [7, 11) is -2.24. The molecule has 20 heavy (non-hydrogen) atoms. The van der Waals surface area contributed by atoms with Gasteiger partial charge in [0.05, 0.1) is 13.5 Å². The van der Waals surface area contributed by atoms with Gasteiger partial charge in [-0.05, 0) is 25.0 Å². The Morgan fingerprint density at radius 2 is 1.90 bits per heavy atom. The monoisotopic (exact) mass is 316 g/mol. The quantitative estimate of drug-likeness (QED) is 0.597. The van der Waals surface area contributed by atoms with Gasteiger partial charge in [-0.2, -0.15) is 0 Å². The van der Waals surface area contributed by atoms with Crippen LogP contribution < -0.4 is 0 Å². The Bertz CT molecular complexity index is 473. The molecule has 0 spiro atoms. The summed E-state index contributed by atoms with van der Waals surface area (Å²) in [5.41, 5.74) is -2.36. The van der Waals surface area contributed by atoms with Crippen molar-refractivity contribution in [3.63, 3.8) is 0 Å². The molecule has 0 amide bonds. The molecule has 3 unspecified atom stereocenters. The lowest BCUT2D eigenvalue weighted by Gasteiger charge is -2.31. The van der Waals surface area contributed by atoms with Crippen molar-refractivity contribution >= 4 is 25.5 Å². The molecule has 2 N–H and O–H groups in total.